The van der Waals surface area contributed by atoms with Gasteiger partial charge in [-0.05, 0) is 26.8 Å². The van der Waals surface area contributed by atoms with E-state index in [1.807, 2.05) is 6.92 Å². The Hall–Kier alpha value is -1.63. The van der Waals surface area contributed by atoms with Gasteiger partial charge < -0.3 is 20.5 Å². The second-order valence-corrected chi connectivity index (χ2v) is 4.63. The Labute approximate surface area is 112 Å². The van der Waals surface area contributed by atoms with Crippen LogP contribution in [-0.4, -0.2) is 48.2 Å². The zero-order valence-electron chi connectivity index (χ0n) is 11.8. The number of esters is 1. The fourth-order valence-electron chi connectivity index (χ4n) is 1.48. The molecule has 0 saturated carbocycles. The van der Waals surface area contributed by atoms with Crippen molar-refractivity contribution in [2.75, 3.05) is 13.7 Å². The highest BCUT2D eigenvalue weighted by Gasteiger charge is 2.30. The van der Waals surface area contributed by atoms with E-state index in [9.17, 15) is 14.4 Å². The number of aliphatic carboxylic acids is 1. The van der Waals surface area contributed by atoms with Crippen molar-refractivity contribution in [2.45, 2.75) is 45.2 Å². The minimum Gasteiger partial charge on any atom is -0.480 e. The van der Waals surface area contributed by atoms with Gasteiger partial charge in [0.1, 0.15) is 6.04 Å². The van der Waals surface area contributed by atoms with Gasteiger partial charge in [0.05, 0.1) is 12.6 Å². The topological polar surface area (TPSA) is 105 Å². The maximum absolute atomic E-state index is 11.9. The monoisotopic (exact) mass is 274 g/mol. The lowest BCUT2D eigenvalue weighted by Crippen LogP contribution is -2.56. The number of ether oxygens (including phenoxy) is 1. The maximum atomic E-state index is 11.9. The van der Waals surface area contributed by atoms with Crippen molar-refractivity contribution in [1.29, 1.82) is 0 Å². The van der Waals surface area contributed by atoms with Gasteiger partial charge in [-0.1, -0.05) is 6.92 Å². The molecule has 0 unspecified atom stereocenters. The summed E-state index contributed by atoms with van der Waals surface area (Å²) in [6, 6.07) is -1.11. The Morgan fingerprint density at radius 3 is 2.32 bits per heavy atom. The number of hydrogen-bond donors (Lipinski definition) is 3. The molecule has 7 heteroatoms. The van der Waals surface area contributed by atoms with Gasteiger partial charge >= 0.3 is 11.9 Å². The van der Waals surface area contributed by atoms with E-state index in [1.54, 1.807) is 13.8 Å². The Bertz CT molecular complexity index is 341. The summed E-state index contributed by atoms with van der Waals surface area (Å²) in [5.74, 6) is -2.11. The summed E-state index contributed by atoms with van der Waals surface area (Å²) in [7, 11) is 1.23. The first kappa shape index (κ1) is 17.4. The third-order valence-electron chi connectivity index (χ3n) is 2.65. The molecule has 0 aliphatic heterocycles. The molecular weight excluding hydrogens is 252 g/mol. The lowest BCUT2D eigenvalue weighted by atomic mass is 10.0. The SMILES string of the molecule is CCNC(C)(C)C(=O)N[C@@H](CCC(=O)OC)C(=O)O. The minimum atomic E-state index is -1.18. The van der Waals surface area contributed by atoms with Crippen LogP contribution in [-0.2, 0) is 19.1 Å². The first-order chi connectivity index (χ1) is 8.74. The summed E-state index contributed by atoms with van der Waals surface area (Å²) in [5.41, 5.74) is -0.867. The predicted octanol–water partition coefficient (Wildman–Crippen LogP) is -0.103. The van der Waals surface area contributed by atoms with E-state index in [2.05, 4.69) is 15.4 Å². The molecule has 0 aromatic rings. The van der Waals surface area contributed by atoms with E-state index in [1.165, 1.54) is 7.11 Å². The summed E-state index contributed by atoms with van der Waals surface area (Å²) < 4.78 is 4.43. The summed E-state index contributed by atoms with van der Waals surface area (Å²) in [4.78, 5) is 33.9. The van der Waals surface area contributed by atoms with Crippen molar-refractivity contribution in [3.8, 4) is 0 Å². The number of amides is 1. The molecule has 110 valence electrons. The van der Waals surface area contributed by atoms with Gasteiger partial charge in [0.25, 0.3) is 0 Å². The molecule has 0 spiro atoms. The molecule has 0 bridgehead atoms. The molecule has 0 radical (unpaired) electrons. The Morgan fingerprint density at radius 2 is 1.89 bits per heavy atom. The van der Waals surface area contributed by atoms with E-state index >= 15 is 0 Å². The largest absolute Gasteiger partial charge is 0.480 e. The highest BCUT2D eigenvalue weighted by Crippen LogP contribution is 2.05. The highest BCUT2D eigenvalue weighted by atomic mass is 16.5. The normalized spacial score (nSPS) is 12.6. The molecule has 0 fully saturated rings. The summed E-state index contributed by atoms with van der Waals surface area (Å²) in [6.07, 6.45) is -0.0642. The molecule has 0 aromatic heterocycles. The predicted molar refractivity (Wildman–Crippen MR) is 68.6 cm³/mol. The maximum Gasteiger partial charge on any atom is 0.326 e. The summed E-state index contributed by atoms with van der Waals surface area (Å²) >= 11 is 0. The van der Waals surface area contributed by atoms with Gasteiger partial charge in [-0.3, -0.25) is 9.59 Å². The summed E-state index contributed by atoms with van der Waals surface area (Å²) in [6.45, 7) is 5.75. The Balaban J connectivity index is 4.54. The highest BCUT2D eigenvalue weighted by molar-refractivity contribution is 5.89. The van der Waals surface area contributed by atoms with Gasteiger partial charge in [-0.15, -0.1) is 0 Å². The fraction of sp³-hybridized carbons (Fsp3) is 0.750. The summed E-state index contributed by atoms with van der Waals surface area (Å²) in [5, 5.41) is 14.4. The van der Waals surface area contributed by atoms with Crippen LogP contribution in [0, 0.1) is 0 Å². The number of hydrogen-bond acceptors (Lipinski definition) is 5. The van der Waals surface area contributed by atoms with Gasteiger partial charge in [-0.2, -0.15) is 0 Å². The van der Waals surface area contributed by atoms with Crippen LogP contribution in [0.25, 0.3) is 0 Å². The van der Waals surface area contributed by atoms with Gasteiger partial charge in [0.15, 0.2) is 0 Å². The number of carbonyl (C=O) groups is 3. The van der Waals surface area contributed by atoms with Gasteiger partial charge in [0, 0.05) is 6.42 Å². The van der Waals surface area contributed by atoms with Gasteiger partial charge in [0.2, 0.25) is 5.91 Å². The average Bonchev–Trinajstić information content (AvgIpc) is 2.32. The van der Waals surface area contributed by atoms with E-state index in [0.29, 0.717) is 6.54 Å². The molecule has 0 saturated heterocycles. The van der Waals surface area contributed by atoms with Crippen LogP contribution < -0.4 is 10.6 Å². The van der Waals surface area contributed by atoms with E-state index in [-0.39, 0.29) is 12.8 Å². The number of methoxy groups -OCH3 is 1. The molecule has 0 heterocycles. The lowest BCUT2D eigenvalue weighted by Gasteiger charge is -2.26. The smallest absolute Gasteiger partial charge is 0.326 e. The standard InChI is InChI=1S/C12H22N2O5/c1-5-13-12(2,3)11(18)14-8(10(16)17)6-7-9(15)19-4/h8,13H,5-7H2,1-4H3,(H,14,18)(H,16,17)/t8-/m0/s1. The first-order valence-electron chi connectivity index (χ1n) is 6.10. The third-order valence-corrected chi connectivity index (χ3v) is 2.65. The van der Waals surface area contributed by atoms with Crippen LogP contribution in [0.15, 0.2) is 0 Å². The van der Waals surface area contributed by atoms with Crippen LogP contribution in [0.2, 0.25) is 0 Å². The molecule has 0 aliphatic carbocycles. The number of nitrogens with one attached hydrogen (secondary N) is 2. The number of rotatable bonds is 8. The fourth-order valence-corrected chi connectivity index (χ4v) is 1.48. The van der Waals surface area contributed by atoms with Crippen molar-refractivity contribution in [1.82, 2.24) is 10.6 Å². The Morgan fingerprint density at radius 1 is 1.32 bits per heavy atom. The van der Waals surface area contributed by atoms with E-state index < -0.39 is 29.4 Å². The molecular formula is C12H22N2O5. The second-order valence-electron chi connectivity index (χ2n) is 4.63. The van der Waals surface area contributed by atoms with E-state index in [0.717, 1.165) is 0 Å². The molecule has 0 aromatic carbocycles. The van der Waals surface area contributed by atoms with Crippen LogP contribution in [0.5, 0.6) is 0 Å². The van der Waals surface area contributed by atoms with E-state index in [4.69, 9.17) is 5.11 Å². The number of carboxylic acid groups (broad SMARTS) is 1. The third kappa shape index (κ3) is 6.19. The molecule has 0 aliphatic rings. The number of carboxylic acids is 1. The zero-order chi connectivity index (χ0) is 15.1. The first-order valence-corrected chi connectivity index (χ1v) is 6.10. The van der Waals surface area contributed by atoms with Crippen molar-refractivity contribution in [3.05, 3.63) is 0 Å². The van der Waals surface area contributed by atoms with Crippen LogP contribution >= 0.6 is 0 Å². The van der Waals surface area contributed by atoms with Crippen molar-refractivity contribution in [2.24, 2.45) is 0 Å². The molecule has 0 rings (SSSR count). The molecule has 3 N–H and O–H groups in total. The second kappa shape index (κ2) is 7.73. The molecule has 19 heavy (non-hydrogen) atoms. The zero-order valence-corrected chi connectivity index (χ0v) is 11.8. The number of carbonyl (C=O) groups excluding carboxylic acids is 2. The van der Waals surface area contributed by atoms with Crippen molar-refractivity contribution >= 4 is 17.8 Å². The lowest BCUT2D eigenvalue weighted by molar-refractivity contribution is -0.144. The van der Waals surface area contributed by atoms with Crippen LogP contribution in [0.1, 0.15) is 33.6 Å². The van der Waals surface area contributed by atoms with Crippen molar-refractivity contribution < 1.29 is 24.2 Å². The van der Waals surface area contributed by atoms with Crippen molar-refractivity contribution in [3.63, 3.8) is 0 Å². The van der Waals surface area contributed by atoms with Crippen LogP contribution in [0.4, 0.5) is 0 Å². The quantitative estimate of drug-likeness (QED) is 0.534. The van der Waals surface area contributed by atoms with Gasteiger partial charge in [-0.25, -0.2) is 4.79 Å². The molecule has 1 atom stereocenters. The molecule has 1 amide bonds. The Kier molecular flexibility index (Phi) is 7.06. The van der Waals surface area contributed by atoms with Crippen LogP contribution in [0.3, 0.4) is 0 Å². The number of likely N-dealkylation sites (N-methyl/N-ethyl adjacent to an activating group) is 1. The minimum absolute atomic E-state index is 0.00402. The molecule has 7 nitrogen and oxygen atoms in total. The average molecular weight is 274 g/mol.